The summed E-state index contributed by atoms with van der Waals surface area (Å²) in [4.78, 5) is 0. The second-order valence-electron chi connectivity index (χ2n) is 4.70. The average Bonchev–Trinajstić information content (AvgIpc) is 2.53. The number of halogens is 1. The van der Waals surface area contributed by atoms with E-state index in [-0.39, 0.29) is 4.70 Å². The van der Waals surface area contributed by atoms with Gasteiger partial charge in [-0.1, -0.05) is 24.3 Å². The fraction of sp³-hybridized carbons (Fsp3) is 0.167. The van der Waals surface area contributed by atoms with Crippen molar-refractivity contribution in [3.8, 4) is 11.8 Å². The van der Waals surface area contributed by atoms with E-state index >= 15 is 0 Å². The lowest BCUT2D eigenvalue weighted by atomic mass is 10.1. The van der Waals surface area contributed by atoms with Crippen LogP contribution in [0.3, 0.4) is 0 Å². The van der Waals surface area contributed by atoms with Crippen LogP contribution in [0.4, 0.5) is 10.4 Å². The third kappa shape index (κ3) is 5.68. The first-order valence-corrected chi connectivity index (χ1v) is 6.93. The SMILES string of the molecule is F.N#Cc1ccc(/C=C/CCCOc2ccc(N)cc2)cc1. The normalized spacial score (nSPS) is 9.95. The Morgan fingerprint density at radius 2 is 1.73 bits per heavy atom. The van der Waals surface area contributed by atoms with Crippen LogP contribution in [0.1, 0.15) is 24.0 Å². The molecule has 2 N–H and O–H groups in total. The third-order valence-electron chi connectivity index (χ3n) is 3.01. The highest BCUT2D eigenvalue weighted by Gasteiger charge is 1.93. The number of rotatable bonds is 6. The first kappa shape index (κ1) is 17.3. The monoisotopic (exact) mass is 298 g/mol. The van der Waals surface area contributed by atoms with Crippen molar-refractivity contribution in [3.63, 3.8) is 0 Å². The highest BCUT2D eigenvalue weighted by Crippen LogP contribution is 2.13. The molecular formula is C18H19FN2O. The van der Waals surface area contributed by atoms with Crippen LogP contribution in [0.5, 0.6) is 5.75 Å². The summed E-state index contributed by atoms with van der Waals surface area (Å²) >= 11 is 0. The van der Waals surface area contributed by atoms with Crippen LogP contribution in [-0.2, 0) is 0 Å². The second kappa shape index (κ2) is 9.19. The molecule has 0 fully saturated rings. The van der Waals surface area contributed by atoms with Crippen LogP contribution in [0.15, 0.2) is 54.6 Å². The van der Waals surface area contributed by atoms with E-state index in [1.807, 2.05) is 48.5 Å². The van der Waals surface area contributed by atoms with Crippen molar-refractivity contribution >= 4 is 11.8 Å². The molecule has 0 aliphatic rings. The zero-order valence-corrected chi connectivity index (χ0v) is 12.2. The van der Waals surface area contributed by atoms with Gasteiger partial charge < -0.3 is 10.5 Å². The molecule has 0 heterocycles. The van der Waals surface area contributed by atoms with Gasteiger partial charge in [0.15, 0.2) is 0 Å². The molecule has 2 aromatic rings. The third-order valence-corrected chi connectivity index (χ3v) is 3.01. The van der Waals surface area contributed by atoms with Crippen LogP contribution in [0.25, 0.3) is 6.08 Å². The van der Waals surface area contributed by atoms with Gasteiger partial charge in [-0.05, 0) is 54.8 Å². The van der Waals surface area contributed by atoms with Gasteiger partial charge in [0, 0.05) is 5.69 Å². The molecule has 0 amide bonds. The molecule has 22 heavy (non-hydrogen) atoms. The maximum atomic E-state index is 8.72. The topological polar surface area (TPSA) is 59.0 Å². The highest BCUT2D eigenvalue weighted by molar-refractivity contribution is 5.50. The molecule has 2 aromatic carbocycles. The number of anilines is 1. The van der Waals surface area contributed by atoms with Crippen molar-refractivity contribution in [2.45, 2.75) is 12.8 Å². The number of unbranched alkanes of at least 4 members (excludes halogenated alkanes) is 1. The van der Waals surface area contributed by atoms with E-state index in [2.05, 4.69) is 18.2 Å². The molecule has 0 atom stereocenters. The molecule has 114 valence electrons. The van der Waals surface area contributed by atoms with Gasteiger partial charge in [0.25, 0.3) is 0 Å². The van der Waals surface area contributed by atoms with Crippen molar-refractivity contribution in [2.24, 2.45) is 0 Å². The van der Waals surface area contributed by atoms with E-state index in [4.69, 9.17) is 15.7 Å². The number of nitrogens with zero attached hydrogens (tertiary/aromatic N) is 1. The van der Waals surface area contributed by atoms with E-state index in [1.165, 1.54) is 0 Å². The summed E-state index contributed by atoms with van der Waals surface area (Å²) in [6, 6.07) is 17.1. The average molecular weight is 298 g/mol. The van der Waals surface area contributed by atoms with Crippen molar-refractivity contribution in [1.82, 2.24) is 0 Å². The maximum absolute atomic E-state index is 8.72. The van der Waals surface area contributed by atoms with E-state index in [9.17, 15) is 0 Å². The molecule has 0 radical (unpaired) electrons. The molecule has 3 nitrogen and oxygen atoms in total. The Hall–Kier alpha value is -2.80. The van der Waals surface area contributed by atoms with E-state index in [0.29, 0.717) is 12.2 Å². The Morgan fingerprint density at radius 3 is 2.36 bits per heavy atom. The molecular weight excluding hydrogens is 279 g/mol. The van der Waals surface area contributed by atoms with Crippen molar-refractivity contribution in [1.29, 1.82) is 5.26 Å². The van der Waals surface area contributed by atoms with Gasteiger partial charge in [-0.2, -0.15) is 5.26 Å². The first-order valence-electron chi connectivity index (χ1n) is 6.93. The molecule has 2 rings (SSSR count). The summed E-state index contributed by atoms with van der Waals surface area (Å²) in [5, 5.41) is 8.72. The van der Waals surface area contributed by atoms with Gasteiger partial charge in [-0.3, -0.25) is 4.70 Å². The van der Waals surface area contributed by atoms with Gasteiger partial charge in [0.1, 0.15) is 5.75 Å². The number of nitrogen functional groups attached to an aromatic ring is 1. The zero-order chi connectivity index (χ0) is 14.9. The van der Waals surface area contributed by atoms with Gasteiger partial charge in [-0.25, -0.2) is 0 Å². The molecule has 0 bridgehead atoms. The van der Waals surface area contributed by atoms with Gasteiger partial charge >= 0.3 is 0 Å². The number of ether oxygens (including phenoxy) is 1. The van der Waals surface area contributed by atoms with Crippen LogP contribution in [0.2, 0.25) is 0 Å². The summed E-state index contributed by atoms with van der Waals surface area (Å²) in [5.41, 5.74) is 8.14. The number of hydrogen-bond donors (Lipinski definition) is 1. The van der Waals surface area contributed by atoms with Crippen LogP contribution >= 0.6 is 0 Å². The molecule has 0 aliphatic heterocycles. The fourth-order valence-corrected chi connectivity index (χ4v) is 1.84. The van der Waals surface area contributed by atoms with Crippen LogP contribution in [-0.4, -0.2) is 6.61 Å². The summed E-state index contributed by atoms with van der Waals surface area (Å²) in [5.74, 6) is 0.847. The fourth-order valence-electron chi connectivity index (χ4n) is 1.84. The molecule has 0 aromatic heterocycles. The first-order chi connectivity index (χ1) is 10.3. The second-order valence-corrected chi connectivity index (χ2v) is 4.70. The largest absolute Gasteiger partial charge is 0.494 e. The molecule has 0 aliphatic carbocycles. The maximum Gasteiger partial charge on any atom is 0.119 e. The molecule has 0 saturated heterocycles. The Kier molecular flexibility index (Phi) is 7.21. The van der Waals surface area contributed by atoms with Crippen molar-refractivity contribution < 1.29 is 9.44 Å². The number of nitrogens with two attached hydrogens (primary N) is 1. The minimum atomic E-state index is 0. The summed E-state index contributed by atoms with van der Waals surface area (Å²) in [6.45, 7) is 0.682. The van der Waals surface area contributed by atoms with E-state index in [1.54, 1.807) is 0 Å². The van der Waals surface area contributed by atoms with Crippen molar-refractivity contribution in [2.75, 3.05) is 12.3 Å². The van der Waals surface area contributed by atoms with E-state index < -0.39 is 0 Å². The lowest BCUT2D eigenvalue weighted by molar-refractivity contribution is 0.312. The summed E-state index contributed by atoms with van der Waals surface area (Å²) in [6.07, 6.45) is 6.09. The summed E-state index contributed by atoms with van der Waals surface area (Å²) in [7, 11) is 0. The number of nitriles is 1. The van der Waals surface area contributed by atoms with Gasteiger partial charge in [-0.15, -0.1) is 0 Å². The van der Waals surface area contributed by atoms with Crippen molar-refractivity contribution in [3.05, 3.63) is 65.7 Å². The smallest absolute Gasteiger partial charge is 0.119 e. The quantitative estimate of drug-likeness (QED) is 0.643. The minimum absolute atomic E-state index is 0. The lowest BCUT2D eigenvalue weighted by Crippen LogP contribution is -1.96. The van der Waals surface area contributed by atoms with E-state index in [0.717, 1.165) is 29.8 Å². The Labute approximate surface area is 130 Å². The van der Waals surface area contributed by atoms with Crippen LogP contribution < -0.4 is 10.5 Å². The Bertz CT molecular complexity index is 628. The number of benzene rings is 2. The van der Waals surface area contributed by atoms with Gasteiger partial charge in [0.2, 0.25) is 0 Å². The lowest BCUT2D eigenvalue weighted by Gasteiger charge is -2.04. The highest BCUT2D eigenvalue weighted by atomic mass is 19.0. The number of allylic oxidation sites excluding steroid dienone is 1. The summed E-state index contributed by atoms with van der Waals surface area (Å²) < 4.78 is 5.62. The molecule has 0 spiro atoms. The minimum Gasteiger partial charge on any atom is -0.494 e. The van der Waals surface area contributed by atoms with Crippen LogP contribution in [0, 0.1) is 11.3 Å². The predicted molar refractivity (Wildman–Crippen MR) is 88.3 cm³/mol. The van der Waals surface area contributed by atoms with Gasteiger partial charge in [0.05, 0.1) is 18.2 Å². The predicted octanol–water partition coefficient (Wildman–Crippen LogP) is 4.17. The standard InChI is InChI=1S/C18H18N2O.FH/c19-14-16-7-5-15(6-8-16)4-2-1-3-13-21-18-11-9-17(20)10-12-18;/h2,4-12H,1,3,13,20H2;1H/b4-2+;. The number of hydrogen-bond acceptors (Lipinski definition) is 3. The zero-order valence-electron chi connectivity index (χ0n) is 12.2. The Morgan fingerprint density at radius 1 is 1.05 bits per heavy atom. The molecule has 4 heteroatoms. The molecule has 0 unspecified atom stereocenters. The Balaban J connectivity index is 0.00000242. The molecule has 0 saturated carbocycles.